The number of nitrogens with zero attached hydrogens (tertiary/aromatic N) is 13. The lowest BCUT2D eigenvalue weighted by atomic mass is 10.0. The van der Waals surface area contributed by atoms with E-state index in [1.54, 1.807) is 54.6 Å². The molecule has 494 valence electrons. The number of aliphatic hydroxyl groups excluding tert-OH is 1. The molecular weight excluding hydrogens is 1270 g/mol. The number of hydrogen-bond acceptors (Lipinski definition) is 23. The second-order valence-electron chi connectivity index (χ2n) is 19.9. The Morgan fingerprint density at radius 1 is 0.417 bits per heavy atom. The number of pyridine rings is 1. The minimum Gasteiger partial charge on any atom is -0.496 e. The maximum Gasteiger partial charge on any atom is 0.573 e. The quantitative estimate of drug-likeness (QED) is 0.0851. The van der Waals surface area contributed by atoms with Crippen LogP contribution in [0.2, 0.25) is 0 Å². The summed E-state index contributed by atoms with van der Waals surface area (Å²) in [5, 5.41) is 35.7. The Hall–Kier alpha value is -12.2. The number of aromatic amines is 1. The molecule has 32 heteroatoms. The third kappa shape index (κ3) is 17.9. The van der Waals surface area contributed by atoms with Crippen molar-refractivity contribution in [1.82, 2.24) is 70.3 Å². The molecule has 0 aliphatic heterocycles. The number of methoxy groups -OCH3 is 6. The number of nitrogens with one attached hydrogen (secondary N) is 1. The maximum atomic E-state index is 13.1. The number of aromatic nitrogens is 14. The van der Waals surface area contributed by atoms with Crippen molar-refractivity contribution in [2.75, 3.05) is 42.7 Å². The van der Waals surface area contributed by atoms with E-state index >= 15 is 0 Å². The van der Waals surface area contributed by atoms with Gasteiger partial charge in [-0.25, -0.2) is 19.4 Å². The number of benzene rings is 6. The highest BCUT2D eigenvalue weighted by Crippen LogP contribution is 2.31. The molecule has 26 nitrogen and oxygen atoms in total. The van der Waals surface area contributed by atoms with E-state index in [-0.39, 0.29) is 65.5 Å². The van der Waals surface area contributed by atoms with Crippen LogP contribution < -0.4 is 54.6 Å². The molecule has 96 heavy (non-hydrogen) atoms. The van der Waals surface area contributed by atoms with Crippen LogP contribution in [0.1, 0.15) is 22.9 Å². The first-order valence-electron chi connectivity index (χ1n) is 28.1. The standard InChI is InChI=1S/C22H17F3N4O4.C21H16F3N5O4.C14H11N3O.C7H10N2O3/c1-31-17-10-15(26-20(11-17)32-2)12-29-21(30)18-9-14(5-8-19(18)27-28-29)13-3-6-16(7-4-13)33-22(23,24)25;1-31-18-10-19(32-2)26-17(25-18)11-29-20(30)15-9-13(5-8-16(15)27-28-29)12-3-6-14(7-4-12)33-21(22,23)24;1-9-2-4-10(5-3-9)11-6-7-13-12(8-11)14(18)16-17-15-13;1-11-6-3-7(12-2)9-5(4-10)8-6/h3-11H,12H2,1-2H3;3-10H,11H2,1-2H3;2-8H,1H3,(H,15,16,18);3,10H,4H2,1-2H3. The van der Waals surface area contributed by atoms with Crippen molar-refractivity contribution in [3.8, 4) is 80.0 Å². The van der Waals surface area contributed by atoms with E-state index in [9.17, 15) is 40.7 Å². The van der Waals surface area contributed by atoms with Gasteiger partial charge in [-0.05, 0) is 101 Å². The molecule has 0 aliphatic carbocycles. The molecule has 12 aromatic rings. The zero-order chi connectivity index (χ0) is 68.7. The molecule has 0 unspecified atom stereocenters. The van der Waals surface area contributed by atoms with Crippen LogP contribution in [0.15, 0.2) is 166 Å². The lowest BCUT2D eigenvalue weighted by Crippen LogP contribution is -2.25. The molecule has 0 saturated heterocycles. The number of aliphatic hydroxyl groups is 1. The van der Waals surface area contributed by atoms with E-state index in [0.717, 1.165) is 20.5 Å². The summed E-state index contributed by atoms with van der Waals surface area (Å²) in [5.74, 6) is 1.97. The molecule has 2 N–H and O–H groups in total. The summed E-state index contributed by atoms with van der Waals surface area (Å²) in [6.45, 7) is 1.77. The lowest BCUT2D eigenvalue weighted by molar-refractivity contribution is -0.275. The Balaban J connectivity index is 0.000000160. The van der Waals surface area contributed by atoms with E-state index in [4.69, 9.17) is 33.5 Å². The smallest absolute Gasteiger partial charge is 0.496 e. The van der Waals surface area contributed by atoms with Crippen molar-refractivity contribution in [1.29, 1.82) is 0 Å². The van der Waals surface area contributed by atoms with Crippen molar-refractivity contribution in [3.63, 3.8) is 0 Å². The van der Waals surface area contributed by atoms with Gasteiger partial charge in [-0.3, -0.25) is 14.4 Å². The first-order valence-corrected chi connectivity index (χ1v) is 28.1. The summed E-state index contributed by atoms with van der Waals surface area (Å²) < 4.78 is 115. The molecule has 6 aromatic heterocycles. The Kier molecular flexibility index (Phi) is 21.6. The Morgan fingerprint density at radius 2 is 0.802 bits per heavy atom. The highest BCUT2D eigenvalue weighted by atomic mass is 19.4. The van der Waals surface area contributed by atoms with Crippen molar-refractivity contribution >= 4 is 32.7 Å². The Labute approximate surface area is 538 Å². The van der Waals surface area contributed by atoms with Crippen LogP contribution in [0.3, 0.4) is 0 Å². The van der Waals surface area contributed by atoms with Gasteiger partial charge in [0.05, 0.1) is 83.2 Å². The zero-order valence-corrected chi connectivity index (χ0v) is 51.6. The fourth-order valence-corrected chi connectivity index (χ4v) is 8.92. The predicted molar refractivity (Wildman–Crippen MR) is 334 cm³/mol. The van der Waals surface area contributed by atoms with E-state index in [1.807, 2.05) is 37.3 Å². The molecule has 6 heterocycles. The van der Waals surface area contributed by atoms with Crippen LogP contribution in [0.5, 0.6) is 46.6 Å². The number of H-pyrrole nitrogens is 1. The van der Waals surface area contributed by atoms with Gasteiger partial charge in [0.2, 0.25) is 29.4 Å². The SMILES string of the molecule is COc1cc(Cn2nnc3ccc(-c4ccc(OC(F)(F)F)cc4)cc3c2=O)nc(OC)c1.COc1cc(OC)nc(CO)n1.COc1cc(OC)nc(Cn2nnc3ccc(-c4ccc(OC(F)(F)F)cc4)cc3c2=O)n1.Cc1ccc(-c2ccc3nn[nH]c(=O)c3c2)cc1. The average Bonchev–Trinajstić information content (AvgIpc) is 0.718. The molecule has 0 fully saturated rings. The van der Waals surface area contributed by atoms with Crippen molar-refractivity contribution < 1.29 is 69.3 Å². The number of fused-ring (bicyclic) bond motifs is 3. The largest absolute Gasteiger partial charge is 0.573 e. The van der Waals surface area contributed by atoms with E-state index in [0.29, 0.717) is 78.7 Å². The Bertz CT molecular complexity index is 4560. The molecule has 0 bridgehead atoms. The van der Waals surface area contributed by atoms with Gasteiger partial charge in [-0.2, -0.15) is 19.9 Å². The van der Waals surface area contributed by atoms with Crippen LogP contribution >= 0.6 is 0 Å². The lowest BCUT2D eigenvalue weighted by Gasteiger charge is -2.10. The molecule has 12 rings (SSSR count). The van der Waals surface area contributed by atoms with E-state index < -0.39 is 23.8 Å². The second-order valence-corrected chi connectivity index (χ2v) is 19.9. The number of ether oxygens (including phenoxy) is 8. The average molecular weight is 1330 g/mol. The normalized spacial score (nSPS) is 11.1. The minimum atomic E-state index is -4.77. The van der Waals surface area contributed by atoms with Gasteiger partial charge in [0.1, 0.15) is 47.0 Å². The summed E-state index contributed by atoms with van der Waals surface area (Å²) in [4.78, 5) is 58.1. The fourth-order valence-electron chi connectivity index (χ4n) is 8.92. The van der Waals surface area contributed by atoms with Crippen molar-refractivity contribution in [2.45, 2.75) is 39.3 Å². The molecule has 6 aromatic carbocycles. The molecular formula is C64H54F6N14O12. The molecule has 0 spiro atoms. The summed E-state index contributed by atoms with van der Waals surface area (Å²) in [6, 6.07) is 40.6. The van der Waals surface area contributed by atoms with Gasteiger partial charge in [-0.15, -0.1) is 41.6 Å². The van der Waals surface area contributed by atoms with E-state index in [1.165, 1.54) is 103 Å². The summed E-state index contributed by atoms with van der Waals surface area (Å²) in [7, 11) is 8.83. The highest BCUT2D eigenvalue weighted by molar-refractivity contribution is 5.85. The van der Waals surface area contributed by atoms with Crippen LogP contribution in [0.4, 0.5) is 26.3 Å². The summed E-state index contributed by atoms with van der Waals surface area (Å²) >= 11 is 0. The zero-order valence-electron chi connectivity index (χ0n) is 51.6. The van der Waals surface area contributed by atoms with Crippen LogP contribution in [-0.2, 0) is 19.7 Å². The van der Waals surface area contributed by atoms with Crippen LogP contribution in [0.25, 0.3) is 66.1 Å². The molecule has 0 aliphatic rings. The number of halogens is 6. The van der Waals surface area contributed by atoms with Crippen molar-refractivity contribution in [2.24, 2.45) is 0 Å². The number of rotatable bonds is 16. The highest BCUT2D eigenvalue weighted by Gasteiger charge is 2.32. The molecule has 0 atom stereocenters. The third-order valence-corrected chi connectivity index (χ3v) is 13.5. The second kappa shape index (κ2) is 30.5. The molecule has 0 radical (unpaired) electrons. The van der Waals surface area contributed by atoms with Gasteiger partial charge in [0.25, 0.3) is 16.7 Å². The fraction of sp³-hybridized carbons (Fsp3) is 0.188. The van der Waals surface area contributed by atoms with Gasteiger partial charge in [-0.1, -0.05) is 87.9 Å². The minimum absolute atomic E-state index is 0.0308. The first-order chi connectivity index (χ1) is 46.0. The molecule has 0 amide bonds. The van der Waals surface area contributed by atoms with Gasteiger partial charge < -0.3 is 43.0 Å². The predicted octanol–water partition coefficient (Wildman–Crippen LogP) is 9.31. The molecule has 0 saturated carbocycles. The third-order valence-electron chi connectivity index (χ3n) is 13.5. The number of aryl methyl sites for hydroxylation is 1. The number of hydrogen-bond donors (Lipinski definition) is 2. The van der Waals surface area contributed by atoms with Gasteiger partial charge >= 0.3 is 12.7 Å². The Morgan fingerprint density at radius 3 is 1.22 bits per heavy atom. The van der Waals surface area contributed by atoms with Gasteiger partial charge in [0.15, 0.2) is 11.6 Å². The van der Waals surface area contributed by atoms with Crippen LogP contribution in [-0.4, -0.2) is 131 Å². The number of alkyl halides is 6. The topological polar surface area (TPSA) is 313 Å². The van der Waals surface area contributed by atoms with Gasteiger partial charge in [0, 0.05) is 12.1 Å². The summed E-state index contributed by atoms with van der Waals surface area (Å²) in [6.07, 6.45) is -9.54. The first kappa shape index (κ1) is 68.2. The maximum absolute atomic E-state index is 13.1. The monoisotopic (exact) mass is 1320 g/mol. The van der Waals surface area contributed by atoms with E-state index in [2.05, 4.69) is 82.6 Å². The van der Waals surface area contributed by atoms with Crippen LogP contribution in [0, 0.1) is 6.92 Å². The van der Waals surface area contributed by atoms with Crippen molar-refractivity contribution in [3.05, 3.63) is 206 Å². The summed E-state index contributed by atoms with van der Waals surface area (Å²) in [5.41, 5.74) is 6.50.